The summed E-state index contributed by atoms with van der Waals surface area (Å²) in [5.41, 5.74) is 1.44. The van der Waals surface area contributed by atoms with Gasteiger partial charge in [-0.25, -0.2) is 4.99 Å². The number of nitro benzene ring substituents is 1. The molecule has 1 aliphatic rings. The van der Waals surface area contributed by atoms with Crippen LogP contribution >= 0.6 is 15.9 Å². The van der Waals surface area contributed by atoms with E-state index in [1.54, 1.807) is 30.3 Å². The summed E-state index contributed by atoms with van der Waals surface area (Å²) in [7, 11) is 0. The molecule has 0 aromatic heterocycles. The van der Waals surface area contributed by atoms with Crippen molar-refractivity contribution < 1.29 is 9.72 Å². The quantitative estimate of drug-likeness (QED) is 0.668. The molecule has 1 N–H and O–H groups in total. The van der Waals surface area contributed by atoms with Crippen molar-refractivity contribution in [3.8, 4) is 0 Å². The Morgan fingerprint density at radius 3 is 2.71 bits per heavy atom. The first-order valence-electron chi connectivity index (χ1n) is 5.99. The van der Waals surface area contributed by atoms with Crippen LogP contribution in [0, 0.1) is 10.1 Å². The van der Waals surface area contributed by atoms with Gasteiger partial charge in [0.15, 0.2) is 0 Å². The molecule has 1 aliphatic heterocycles. The van der Waals surface area contributed by atoms with Gasteiger partial charge in [0.1, 0.15) is 11.4 Å². The summed E-state index contributed by atoms with van der Waals surface area (Å²) >= 11 is 3.33. The van der Waals surface area contributed by atoms with Crippen molar-refractivity contribution in [2.75, 3.05) is 5.32 Å². The molecule has 6 nitrogen and oxygen atoms in total. The van der Waals surface area contributed by atoms with Gasteiger partial charge in [0.2, 0.25) is 0 Å². The number of aliphatic imine (C=N–C) groups is 1. The lowest BCUT2D eigenvalue weighted by atomic mass is 10.1. The summed E-state index contributed by atoms with van der Waals surface area (Å²) in [4.78, 5) is 26.7. The van der Waals surface area contributed by atoms with Crippen molar-refractivity contribution in [2.24, 2.45) is 4.99 Å². The fraction of sp³-hybridized carbons (Fsp3) is 0. The number of anilines is 1. The number of amides is 1. The van der Waals surface area contributed by atoms with Crippen LogP contribution in [0.25, 0.3) is 0 Å². The smallest absolute Gasteiger partial charge is 0.294 e. The van der Waals surface area contributed by atoms with Crippen LogP contribution < -0.4 is 5.32 Å². The highest BCUT2D eigenvalue weighted by molar-refractivity contribution is 9.10. The third-order valence-corrected chi connectivity index (χ3v) is 3.50. The Bertz CT molecular complexity index is 802. The molecule has 7 heteroatoms. The standard InChI is InChI=1S/C14H8BrN3O3/c15-8-5-6-10-9(7-8)13(14(19)17-10)16-11-3-1-2-4-12(11)18(20)21/h1-7H,(H,16,17,19). The molecule has 0 saturated carbocycles. The van der Waals surface area contributed by atoms with Gasteiger partial charge in [0.25, 0.3) is 11.6 Å². The zero-order valence-corrected chi connectivity index (χ0v) is 12.1. The summed E-state index contributed by atoms with van der Waals surface area (Å²) in [5, 5.41) is 13.7. The van der Waals surface area contributed by atoms with Gasteiger partial charge < -0.3 is 5.32 Å². The Morgan fingerprint density at radius 1 is 1.19 bits per heavy atom. The van der Waals surface area contributed by atoms with E-state index in [-0.39, 0.29) is 23.0 Å². The Morgan fingerprint density at radius 2 is 1.95 bits per heavy atom. The fourth-order valence-corrected chi connectivity index (χ4v) is 2.43. The molecule has 104 valence electrons. The zero-order valence-electron chi connectivity index (χ0n) is 10.5. The maximum Gasteiger partial charge on any atom is 0.294 e. The molecule has 3 rings (SSSR count). The molecule has 0 spiro atoms. The summed E-state index contributed by atoms with van der Waals surface area (Å²) < 4.78 is 0.799. The van der Waals surface area contributed by atoms with Crippen molar-refractivity contribution >= 4 is 44.6 Å². The number of halogens is 1. The number of rotatable bonds is 2. The van der Waals surface area contributed by atoms with Crippen LogP contribution in [-0.2, 0) is 4.79 Å². The molecule has 0 saturated heterocycles. The largest absolute Gasteiger partial charge is 0.320 e. The molecule has 1 amide bonds. The molecule has 0 atom stereocenters. The van der Waals surface area contributed by atoms with Crippen LogP contribution in [0.4, 0.5) is 17.1 Å². The molecule has 0 unspecified atom stereocenters. The van der Waals surface area contributed by atoms with Gasteiger partial charge in [-0.3, -0.25) is 14.9 Å². The minimum atomic E-state index is -0.520. The number of nitrogens with zero attached hydrogens (tertiary/aromatic N) is 2. The van der Waals surface area contributed by atoms with Gasteiger partial charge in [-0.15, -0.1) is 0 Å². The van der Waals surface area contributed by atoms with E-state index < -0.39 is 4.92 Å². The van der Waals surface area contributed by atoms with Gasteiger partial charge in [0.05, 0.1) is 10.6 Å². The average Bonchev–Trinajstić information content (AvgIpc) is 2.75. The number of nitro groups is 1. The van der Waals surface area contributed by atoms with Crippen molar-refractivity contribution in [3.63, 3.8) is 0 Å². The normalized spacial score (nSPS) is 14.9. The van der Waals surface area contributed by atoms with Crippen molar-refractivity contribution in [1.29, 1.82) is 0 Å². The first-order valence-corrected chi connectivity index (χ1v) is 6.79. The first kappa shape index (κ1) is 13.4. The van der Waals surface area contributed by atoms with Crippen LogP contribution in [-0.4, -0.2) is 16.5 Å². The summed E-state index contributed by atoms with van der Waals surface area (Å²) in [6.07, 6.45) is 0. The predicted octanol–water partition coefficient (Wildman–Crippen LogP) is 3.43. The number of hydrogen-bond acceptors (Lipinski definition) is 4. The molecule has 1 heterocycles. The van der Waals surface area contributed by atoms with E-state index in [4.69, 9.17) is 0 Å². The number of para-hydroxylation sites is 2. The molecule has 0 aliphatic carbocycles. The topological polar surface area (TPSA) is 84.6 Å². The molecule has 2 aromatic rings. The van der Waals surface area contributed by atoms with E-state index in [0.717, 1.165) is 4.47 Å². The van der Waals surface area contributed by atoms with Crippen molar-refractivity contribution in [1.82, 2.24) is 0 Å². The maximum absolute atomic E-state index is 12.0. The van der Waals surface area contributed by atoms with Crippen molar-refractivity contribution in [3.05, 3.63) is 62.6 Å². The fourth-order valence-electron chi connectivity index (χ4n) is 2.07. The van der Waals surface area contributed by atoms with Crippen LogP contribution in [0.5, 0.6) is 0 Å². The van der Waals surface area contributed by atoms with E-state index in [1.807, 2.05) is 0 Å². The second-order valence-electron chi connectivity index (χ2n) is 4.35. The van der Waals surface area contributed by atoms with E-state index >= 15 is 0 Å². The molecule has 0 bridgehead atoms. The Balaban J connectivity index is 2.16. The molecule has 0 fully saturated rings. The van der Waals surface area contributed by atoms with E-state index in [0.29, 0.717) is 11.3 Å². The maximum atomic E-state index is 12.0. The summed E-state index contributed by atoms with van der Waals surface area (Å²) in [6, 6.07) is 11.4. The Kier molecular flexibility index (Phi) is 3.26. The average molecular weight is 346 g/mol. The number of nitrogens with one attached hydrogen (secondary N) is 1. The number of carbonyl (C=O) groups is 1. The lowest BCUT2D eigenvalue weighted by Gasteiger charge is -2.00. The van der Waals surface area contributed by atoms with E-state index in [2.05, 4.69) is 26.2 Å². The summed E-state index contributed by atoms with van der Waals surface area (Å²) in [6.45, 7) is 0. The van der Waals surface area contributed by atoms with Crippen LogP contribution in [0.2, 0.25) is 0 Å². The number of hydrogen-bond donors (Lipinski definition) is 1. The van der Waals surface area contributed by atoms with Gasteiger partial charge in [0, 0.05) is 16.1 Å². The van der Waals surface area contributed by atoms with Crippen molar-refractivity contribution in [2.45, 2.75) is 0 Å². The minimum absolute atomic E-state index is 0.138. The van der Waals surface area contributed by atoms with Crippen LogP contribution in [0.3, 0.4) is 0 Å². The molecular weight excluding hydrogens is 338 g/mol. The monoisotopic (exact) mass is 345 g/mol. The van der Waals surface area contributed by atoms with Gasteiger partial charge in [-0.05, 0) is 24.3 Å². The molecule has 0 radical (unpaired) electrons. The van der Waals surface area contributed by atoms with Gasteiger partial charge in [-0.1, -0.05) is 28.1 Å². The number of fused-ring (bicyclic) bond motifs is 1. The highest BCUT2D eigenvalue weighted by Gasteiger charge is 2.27. The van der Waals surface area contributed by atoms with Gasteiger partial charge in [-0.2, -0.15) is 0 Å². The molecule has 21 heavy (non-hydrogen) atoms. The SMILES string of the molecule is O=C1Nc2ccc(Br)cc2C1=Nc1ccccc1[N+](=O)[O-]. The molecular formula is C14H8BrN3O3. The van der Waals surface area contributed by atoms with Gasteiger partial charge >= 0.3 is 0 Å². The van der Waals surface area contributed by atoms with Crippen LogP contribution in [0.1, 0.15) is 5.56 Å². The Hall–Kier alpha value is -2.54. The van der Waals surface area contributed by atoms with E-state index in [1.165, 1.54) is 12.1 Å². The Labute approximate surface area is 127 Å². The van der Waals surface area contributed by atoms with Crippen LogP contribution in [0.15, 0.2) is 51.9 Å². The third kappa shape index (κ3) is 2.43. The predicted molar refractivity (Wildman–Crippen MR) is 82.1 cm³/mol. The van der Waals surface area contributed by atoms with E-state index in [9.17, 15) is 14.9 Å². The highest BCUT2D eigenvalue weighted by Crippen LogP contribution is 2.31. The second-order valence-corrected chi connectivity index (χ2v) is 5.27. The highest BCUT2D eigenvalue weighted by atomic mass is 79.9. The minimum Gasteiger partial charge on any atom is -0.320 e. The molecule has 2 aromatic carbocycles. The lowest BCUT2D eigenvalue weighted by Crippen LogP contribution is -2.14. The summed E-state index contributed by atoms with van der Waals surface area (Å²) in [5.74, 6) is -0.374. The lowest BCUT2D eigenvalue weighted by molar-refractivity contribution is -0.384. The zero-order chi connectivity index (χ0) is 15.0. The first-order chi connectivity index (χ1) is 10.1. The number of carbonyl (C=O) groups excluding carboxylic acids is 1. The third-order valence-electron chi connectivity index (χ3n) is 3.01. The second kappa shape index (κ2) is 5.10. The number of benzene rings is 2.